The fourth-order valence-electron chi connectivity index (χ4n) is 1.61. The van der Waals surface area contributed by atoms with Crippen molar-refractivity contribution < 1.29 is 9.90 Å². The Bertz CT molecular complexity index is 553. The number of nitrogens with zero attached hydrogens (tertiary/aromatic N) is 4. The van der Waals surface area contributed by atoms with E-state index in [0.717, 1.165) is 0 Å². The van der Waals surface area contributed by atoms with E-state index in [1.807, 2.05) is 13.8 Å². The van der Waals surface area contributed by atoms with Crippen LogP contribution in [0.4, 0.5) is 5.82 Å². The molecule has 100 valence electrons. The summed E-state index contributed by atoms with van der Waals surface area (Å²) in [5.74, 6) is -0.0362. The molecule has 1 atom stereocenters. The first-order chi connectivity index (χ1) is 9.08. The number of aliphatic carboxylic acids is 1. The monoisotopic (exact) mass is 261 g/mol. The van der Waals surface area contributed by atoms with Crippen molar-refractivity contribution in [1.82, 2.24) is 19.7 Å². The van der Waals surface area contributed by atoms with Gasteiger partial charge in [0.15, 0.2) is 5.82 Å². The van der Waals surface area contributed by atoms with Gasteiger partial charge < -0.3 is 10.4 Å². The van der Waals surface area contributed by atoms with E-state index >= 15 is 0 Å². The van der Waals surface area contributed by atoms with Gasteiger partial charge in [-0.3, -0.25) is 4.98 Å². The number of rotatable bonds is 5. The Hall–Kier alpha value is -2.44. The molecule has 2 rings (SSSR count). The summed E-state index contributed by atoms with van der Waals surface area (Å²) in [6, 6.07) is 1.07. The second kappa shape index (κ2) is 5.47. The Morgan fingerprint density at radius 1 is 1.42 bits per heavy atom. The third-order valence-electron chi connectivity index (χ3n) is 2.60. The predicted octanol–water partition coefficient (Wildman–Crippen LogP) is 1.18. The van der Waals surface area contributed by atoms with Crippen molar-refractivity contribution in [1.29, 1.82) is 0 Å². The standard InChI is InChI=1S/C12H15N5O2/c1-8(2)11(12(18)19)16-9-6-13-7-10(15-9)17-5-3-4-14-17/h3-8,11H,1-2H3,(H,15,16)(H,18,19)/t11-/m1/s1. The lowest BCUT2D eigenvalue weighted by atomic mass is 10.1. The number of hydrogen-bond donors (Lipinski definition) is 2. The van der Waals surface area contributed by atoms with Crippen molar-refractivity contribution in [2.45, 2.75) is 19.9 Å². The smallest absolute Gasteiger partial charge is 0.326 e. The van der Waals surface area contributed by atoms with Crippen molar-refractivity contribution >= 4 is 11.8 Å². The van der Waals surface area contributed by atoms with E-state index in [9.17, 15) is 4.79 Å². The maximum Gasteiger partial charge on any atom is 0.326 e. The van der Waals surface area contributed by atoms with E-state index in [1.54, 1.807) is 29.3 Å². The summed E-state index contributed by atoms with van der Waals surface area (Å²) in [6.45, 7) is 3.66. The molecule has 19 heavy (non-hydrogen) atoms. The topological polar surface area (TPSA) is 92.9 Å². The summed E-state index contributed by atoms with van der Waals surface area (Å²) in [4.78, 5) is 19.4. The van der Waals surface area contributed by atoms with Crippen LogP contribution in [-0.2, 0) is 4.79 Å². The van der Waals surface area contributed by atoms with Gasteiger partial charge in [-0.1, -0.05) is 13.8 Å². The molecule has 2 aromatic rings. The Morgan fingerprint density at radius 2 is 2.21 bits per heavy atom. The van der Waals surface area contributed by atoms with Crippen LogP contribution < -0.4 is 5.32 Å². The summed E-state index contributed by atoms with van der Waals surface area (Å²) in [5.41, 5.74) is 0. The van der Waals surface area contributed by atoms with Gasteiger partial charge in [-0.25, -0.2) is 14.5 Å². The van der Waals surface area contributed by atoms with Gasteiger partial charge in [-0.2, -0.15) is 5.10 Å². The number of hydrogen-bond acceptors (Lipinski definition) is 5. The zero-order valence-electron chi connectivity index (χ0n) is 10.7. The Kier molecular flexibility index (Phi) is 3.74. The molecule has 0 saturated heterocycles. The van der Waals surface area contributed by atoms with Gasteiger partial charge in [0.2, 0.25) is 0 Å². The predicted molar refractivity (Wildman–Crippen MR) is 69.0 cm³/mol. The number of carboxylic acids is 1. The minimum absolute atomic E-state index is 0.0624. The minimum atomic E-state index is -0.915. The molecule has 0 amide bonds. The van der Waals surface area contributed by atoms with Crippen molar-refractivity contribution in [3.8, 4) is 5.82 Å². The van der Waals surface area contributed by atoms with E-state index in [1.165, 1.54) is 6.20 Å². The van der Waals surface area contributed by atoms with Crippen molar-refractivity contribution in [3.05, 3.63) is 30.9 Å². The Balaban J connectivity index is 2.22. The molecule has 0 bridgehead atoms. The van der Waals surface area contributed by atoms with E-state index in [-0.39, 0.29) is 5.92 Å². The van der Waals surface area contributed by atoms with Gasteiger partial charge in [0.05, 0.1) is 12.4 Å². The third kappa shape index (κ3) is 3.06. The molecule has 7 nitrogen and oxygen atoms in total. The molecular formula is C12H15N5O2. The van der Waals surface area contributed by atoms with Crippen LogP contribution in [0.15, 0.2) is 30.9 Å². The molecule has 2 aromatic heterocycles. The fourth-order valence-corrected chi connectivity index (χ4v) is 1.61. The first-order valence-corrected chi connectivity index (χ1v) is 5.89. The second-order valence-electron chi connectivity index (χ2n) is 4.42. The molecule has 2 N–H and O–H groups in total. The SMILES string of the molecule is CC(C)[C@@H](Nc1cncc(-n2cccn2)n1)C(=O)O. The zero-order chi connectivity index (χ0) is 13.8. The average molecular weight is 261 g/mol. The van der Waals surface area contributed by atoms with Crippen LogP contribution >= 0.6 is 0 Å². The summed E-state index contributed by atoms with van der Waals surface area (Å²) < 4.78 is 1.56. The fraction of sp³-hybridized carbons (Fsp3) is 0.333. The average Bonchev–Trinajstić information content (AvgIpc) is 2.89. The number of nitrogens with one attached hydrogen (secondary N) is 1. The van der Waals surface area contributed by atoms with Crippen LogP contribution in [0.5, 0.6) is 0 Å². The van der Waals surface area contributed by atoms with Crippen LogP contribution in [0, 0.1) is 5.92 Å². The lowest BCUT2D eigenvalue weighted by Gasteiger charge is -2.18. The molecule has 0 saturated carbocycles. The van der Waals surface area contributed by atoms with Gasteiger partial charge in [0.25, 0.3) is 0 Å². The number of aromatic nitrogens is 4. The quantitative estimate of drug-likeness (QED) is 0.839. The van der Waals surface area contributed by atoms with Crippen molar-refractivity contribution in [3.63, 3.8) is 0 Å². The van der Waals surface area contributed by atoms with Crippen LogP contribution in [0.25, 0.3) is 5.82 Å². The highest BCUT2D eigenvalue weighted by Crippen LogP contribution is 2.11. The molecule has 7 heteroatoms. The van der Waals surface area contributed by atoms with E-state index in [4.69, 9.17) is 5.11 Å². The largest absolute Gasteiger partial charge is 0.480 e. The van der Waals surface area contributed by atoms with Gasteiger partial charge in [-0.05, 0) is 12.0 Å². The normalized spacial score (nSPS) is 12.4. The maximum atomic E-state index is 11.1. The first kappa shape index (κ1) is 13.0. The zero-order valence-corrected chi connectivity index (χ0v) is 10.7. The van der Waals surface area contributed by atoms with Gasteiger partial charge in [-0.15, -0.1) is 0 Å². The third-order valence-corrected chi connectivity index (χ3v) is 2.60. The summed E-state index contributed by atoms with van der Waals surface area (Å²) in [6.07, 6.45) is 6.43. The van der Waals surface area contributed by atoms with Crippen LogP contribution in [0.3, 0.4) is 0 Å². The summed E-state index contributed by atoms with van der Waals surface area (Å²) in [7, 11) is 0. The van der Waals surface area contributed by atoms with E-state index < -0.39 is 12.0 Å². The van der Waals surface area contributed by atoms with Gasteiger partial charge in [0.1, 0.15) is 11.9 Å². The van der Waals surface area contributed by atoms with Gasteiger partial charge in [0, 0.05) is 12.4 Å². The van der Waals surface area contributed by atoms with Crippen LogP contribution in [-0.4, -0.2) is 36.9 Å². The Morgan fingerprint density at radius 3 is 2.79 bits per heavy atom. The lowest BCUT2D eigenvalue weighted by Crippen LogP contribution is -2.34. The van der Waals surface area contributed by atoms with Crippen LogP contribution in [0.1, 0.15) is 13.8 Å². The molecule has 0 aliphatic carbocycles. The molecule has 0 aromatic carbocycles. The molecule has 2 heterocycles. The summed E-state index contributed by atoms with van der Waals surface area (Å²) in [5, 5.41) is 16.0. The molecule has 0 spiro atoms. The molecule has 0 aliphatic heterocycles. The molecule has 0 aliphatic rings. The lowest BCUT2D eigenvalue weighted by molar-refractivity contribution is -0.138. The molecule has 0 radical (unpaired) electrons. The highest BCUT2D eigenvalue weighted by atomic mass is 16.4. The van der Waals surface area contributed by atoms with Crippen LogP contribution in [0.2, 0.25) is 0 Å². The second-order valence-corrected chi connectivity index (χ2v) is 4.42. The summed E-state index contributed by atoms with van der Waals surface area (Å²) >= 11 is 0. The maximum absolute atomic E-state index is 11.1. The molecule has 0 fully saturated rings. The number of carboxylic acid groups (broad SMARTS) is 1. The highest BCUT2D eigenvalue weighted by molar-refractivity contribution is 5.77. The highest BCUT2D eigenvalue weighted by Gasteiger charge is 2.21. The minimum Gasteiger partial charge on any atom is -0.480 e. The van der Waals surface area contributed by atoms with Crippen molar-refractivity contribution in [2.24, 2.45) is 5.92 Å². The van der Waals surface area contributed by atoms with Gasteiger partial charge >= 0.3 is 5.97 Å². The van der Waals surface area contributed by atoms with E-state index in [2.05, 4.69) is 20.4 Å². The Labute approximate surface area is 110 Å². The van der Waals surface area contributed by atoms with Crippen molar-refractivity contribution in [2.75, 3.05) is 5.32 Å². The number of carbonyl (C=O) groups is 1. The van der Waals surface area contributed by atoms with E-state index in [0.29, 0.717) is 11.6 Å². The molecule has 0 unspecified atom stereocenters. The number of anilines is 1. The molecular weight excluding hydrogens is 246 g/mol. The first-order valence-electron chi connectivity index (χ1n) is 5.89.